The molecule has 5 rings (SSSR count). The zero-order valence-electron chi connectivity index (χ0n) is 13.1. The fourth-order valence-corrected chi connectivity index (χ4v) is 3.18. The summed E-state index contributed by atoms with van der Waals surface area (Å²) in [6.07, 6.45) is 1.32. The molecule has 0 spiro atoms. The Kier molecular flexibility index (Phi) is 2.90. The Morgan fingerprint density at radius 2 is 1.84 bits per heavy atom. The summed E-state index contributed by atoms with van der Waals surface area (Å²) >= 11 is 0. The van der Waals surface area contributed by atoms with Gasteiger partial charge in [0.1, 0.15) is 17.4 Å². The van der Waals surface area contributed by atoms with Crippen molar-refractivity contribution in [3.05, 3.63) is 71.9 Å². The van der Waals surface area contributed by atoms with Crippen LogP contribution in [0.4, 0.5) is 5.69 Å². The Morgan fingerprint density at radius 1 is 1.00 bits per heavy atom. The number of hydrogen-bond donors (Lipinski definition) is 3. The van der Waals surface area contributed by atoms with Crippen molar-refractivity contribution in [1.82, 2.24) is 15.5 Å². The first-order valence-corrected chi connectivity index (χ1v) is 7.98. The third kappa shape index (κ3) is 2.19. The second kappa shape index (κ2) is 5.24. The Hall–Kier alpha value is -3.54. The van der Waals surface area contributed by atoms with E-state index in [1.807, 2.05) is 48.5 Å². The molecule has 122 valence electrons. The SMILES string of the molecule is O=C1N[C@@H](c2cn[nH]c2-c2cc3ccccc3o2)Nc2ccccc21. The minimum Gasteiger partial charge on any atom is -0.454 e. The van der Waals surface area contributed by atoms with E-state index in [1.165, 1.54) is 0 Å². The van der Waals surface area contributed by atoms with Gasteiger partial charge < -0.3 is 15.1 Å². The van der Waals surface area contributed by atoms with Crippen LogP contribution in [0, 0.1) is 0 Å². The summed E-state index contributed by atoms with van der Waals surface area (Å²) < 4.78 is 5.93. The minimum atomic E-state index is -0.385. The summed E-state index contributed by atoms with van der Waals surface area (Å²) in [6.45, 7) is 0. The Labute approximate surface area is 142 Å². The molecule has 0 saturated heterocycles. The molecule has 2 aromatic carbocycles. The highest BCUT2D eigenvalue weighted by atomic mass is 16.3. The minimum absolute atomic E-state index is 0.115. The van der Waals surface area contributed by atoms with E-state index in [1.54, 1.807) is 12.3 Å². The normalized spacial score (nSPS) is 16.3. The molecule has 3 N–H and O–H groups in total. The largest absolute Gasteiger partial charge is 0.454 e. The molecule has 1 atom stereocenters. The van der Waals surface area contributed by atoms with Crippen LogP contribution >= 0.6 is 0 Å². The highest BCUT2D eigenvalue weighted by Crippen LogP contribution is 2.33. The predicted molar refractivity (Wildman–Crippen MR) is 94.1 cm³/mol. The Bertz CT molecular complexity index is 1060. The average molecular weight is 330 g/mol. The second-order valence-corrected chi connectivity index (χ2v) is 5.95. The molecule has 3 heterocycles. The van der Waals surface area contributed by atoms with E-state index in [-0.39, 0.29) is 12.1 Å². The summed E-state index contributed by atoms with van der Waals surface area (Å²) in [5.41, 5.74) is 3.81. The number of nitrogens with one attached hydrogen (secondary N) is 3. The molecule has 0 radical (unpaired) electrons. The van der Waals surface area contributed by atoms with Gasteiger partial charge in [0.15, 0.2) is 5.76 Å². The number of carbonyl (C=O) groups is 1. The number of carbonyl (C=O) groups excluding carboxylic acids is 1. The van der Waals surface area contributed by atoms with Gasteiger partial charge in [-0.15, -0.1) is 0 Å². The van der Waals surface area contributed by atoms with Gasteiger partial charge in [-0.1, -0.05) is 30.3 Å². The standard InChI is InChI=1S/C19H14N4O2/c24-19-12-6-2-3-7-14(12)21-18(22-19)13-10-20-23-17(13)16-9-11-5-1-4-8-15(11)25-16/h1-10,18,21H,(H,20,23)(H,22,24)/t18-/m0/s1. The number of rotatable bonds is 2. The van der Waals surface area contributed by atoms with Gasteiger partial charge in [-0.25, -0.2) is 0 Å². The fraction of sp³-hybridized carbons (Fsp3) is 0.0526. The van der Waals surface area contributed by atoms with E-state index in [9.17, 15) is 4.79 Å². The van der Waals surface area contributed by atoms with E-state index < -0.39 is 0 Å². The Balaban J connectivity index is 1.56. The van der Waals surface area contributed by atoms with Gasteiger partial charge in [-0.05, 0) is 24.3 Å². The van der Waals surface area contributed by atoms with E-state index in [0.717, 1.165) is 27.9 Å². The van der Waals surface area contributed by atoms with Crippen molar-refractivity contribution in [2.45, 2.75) is 6.17 Å². The summed E-state index contributed by atoms with van der Waals surface area (Å²) in [4.78, 5) is 12.4. The maximum absolute atomic E-state index is 12.4. The first kappa shape index (κ1) is 13.9. The number of fused-ring (bicyclic) bond motifs is 2. The summed E-state index contributed by atoms with van der Waals surface area (Å²) in [5, 5.41) is 14.5. The lowest BCUT2D eigenvalue weighted by atomic mass is 10.1. The molecule has 25 heavy (non-hydrogen) atoms. The number of furan rings is 1. The fourth-order valence-electron chi connectivity index (χ4n) is 3.18. The zero-order chi connectivity index (χ0) is 16.8. The molecule has 1 aliphatic heterocycles. The number of aromatic nitrogens is 2. The van der Waals surface area contributed by atoms with E-state index in [2.05, 4.69) is 20.8 Å². The highest BCUT2D eigenvalue weighted by molar-refractivity contribution is 6.01. The first-order valence-electron chi connectivity index (χ1n) is 7.98. The average Bonchev–Trinajstić information content (AvgIpc) is 3.28. The first-order chi connectivity index (χ1) is 12.3. The van der Waals surface area contributed by atoms with Gasteiger partial charge in [0, 0.05) is 16.6 Å². The molecule has 6 nitrogen and oxygen atoms in total. The zero-order valence-corrected chi connectivity index (χ0v) is 13.1. The molecule has 2 aromatic heterocycles. The van der Waals surface area contributed by atoms with Crippen LogP contribution in [0.2, 0.25) is 0 Å². The van der Waals surface area contributed by atoms with Crippen LogP contribution in [-0.4, -0.2) is 16.1 Å². The maximum atomic E-state index is 12.4. The van der Waals surface area contributed by atoms with Gasteiger partial charge in [0.2, 0.25) is 0 Å². The molecule has 6 heteroatoms. The van der Waals surface area contributed by atoms with E-state index in [0.29, 0.717) is 11.3 Å². The third-order valence-corrected chi connectivity index (χ3v) is 4.40. The molecular weight excluding hydrogens is 316 g/mol. The second-order valence-electron chi connectivity index (χ2n) is 5.95. The van der Waals surface area contributed by atoms with Gasteiger partial charge >= 0.3 is 0 Å². The number of nitrogens with zero attached hydrogens (tertiary/aromatic N) is 1. The topological polar surface area (TPSA) is 83.0 Å². The Morgan fingerprint density at radius 3 is 2.76 bits per heavy atom. The molecule has 1 aliphatic rings. The van der Waals surface area contributed by atoms with Crippen LogP contribution in [0.15, 0.2) is 65.2 Å². The van der Waals surface area contributed by atoms with Gasteiger partial charge in [0.25, 0.3) is 5.91 Å². The van der Waals surface area contributed by atoms with Crippen molar-refractivity contribution in [3.63, 3.8) is 0 Å². The quantitative estimate of drug-likeness (QED) is 0.523. The number of amides is 1. The van der Waals surface area contributed by atoms with Crippen LogP contribution in [0.3, 0.4) is 0 Å². The predicted octanol–water partition coefficient (Wildman–Crippen LogP) is 3.68. The van der Waals surface area contributed by atoms with Gasteiger partial charge in [-0.2, -0.15) is 5.10 Å². The van der Waals surface area contributed by atoms with Crippen molar-refractivity contribution in [2.75, 3.05) is 5.32 Å². The molecule has 0 saturated carbocycles. The molecular formula is C19H14N4O2. The van der Waals surface area contributed by atoms with Crippen LogP contribution < -0.4 is 10.6 Å². The van der Waals surface area contributed by atoms with E-state index in [4.69, 9.17) is 4.42 Å². The lowest BCUT2D eigenvalue weighted by Gasteiger charge is -2.27. The number of aromatic amines is 1. The molecule has 0 bridgehead atoms. The highest BCUT2D eigenvalue weighted by Gasteiger charge is 2.28. The number of anilines is 1. The number of benzene rings is 2. The molecule has 0 aliphatic carbocycles. The number of H-pyrrole nitrogens is 1. The summed E-state index contributed by atoms with van der Waals surface area (Å²) in [6, 6.07) is 17.2. The third-order valence-electron chi connectivity index (χ3n) is 4.40. The lowest BCUT2D eigenvalue weighted by molar-refractivity contribution is 0.0936. The number of para-hydroxylation sites is 2. The lowest BCUT2D eigenvalue weighted by Crippen LogP contribution is -2.38. The van der Waals surface area contributed by atoms with Crippen LogP contribution in [0.25, 0.3) is 22.4 Å². The van der Waals surface area contributed by atoms with Crippen LogP contribution in [-0.2, 0) is 0 Å². The van der Waals surface area contributed by atoms with Crippen molar-refractivity contribution in [3.8, 4) is 11.5 Å². The summed E-state index contributed by atoms with van der Waals surface area (Å²) in [7, 11) is 0. The molecule has 0 unspecified atom stereocenters. The van der Waals surface area contributed by atoms with Crippen molar-refractivity contribution in [1.29, 1.82) is 0 Å². The summed E-state index contributed by atoms with van der Waals surface area (Å²) in [5.74, 6) is 0.569. The van der Waals surface area contributed by atoms with Crippen molar-refractivity contribution < 1.29 is 9.21 Å². The van der Waals surface area contributed by atoms with Crippen molar-refractivity contribution in [2.24, 2.45) is 0 Å². The monoisotopic (exact) mass is 330 g/mol. The smallest absolute Gasteiger partial charge is 0.255 e. The van der Waals surface area contributed by atoms with Gasteiger partial charge in [-0.3, -0.25) is 9.89 Å². The van der Waals surface area contributed by atoms with Crippen molar-refractivity contribution >= 4 is 22.6 Å². The van der Waals surface area contributed by atoms with E-state index >= 15 is 0 Å². The van der Waals surface area contributed by atoms with Crippen LogP contribution in [0.1, 0.15) is 22.1 Å². The molecule has 0 fully saturated rings. The molecule has 1 amide bonds. The maximum Gasteiger partial charge on any atom is 0.255 e. The molecule has 4 aromatic rings. The number of hydrogen-bond acceptors (Lipinski definition) is 4. The van der Waals surface area contributed by atoms with Crippen LogP contribution in [0.5, 0.6) is 0 Å². The van der Waals surface area contributed by atoms with Gasteiger partial charge in [0.05, 0.1) is 11.8 Å².